The van der Waals surface area contributed by atoms with Gasteiger partial charge in [-0.1, -0.05) is 22.9 Å². The summed E-state index contributed by atoms with van der Waals surface area (Å²) in [5.74, 6) is 5.92. The molecule has 9 heteroatoms. The van der Waals surface area contributed by atoms with Crippen molar-refractivity contribution in [2.45, 2.75) is 13.3 Å². The van der Waals surface area contributed by atoms with E-state index in [9.17, 15) is 0 Å². The summed E-state index contributed by atoms with van der Waals surface area (Å²) >= 11 is 6.87. The number of nitrogens with one attached hydrogen (secondary N) is 2. The lowest BCUT2D eigenvalue weighted by molar-refractivity contribution is 0.292. The fourth-order valence-electron chi connectivity index (χ4n) is 1.45. The number of nitrogens with two attached hydrogens (primary N) is 1. The zero-order valence-corrected chi connectivity index (χ0v) is 14.4. The van der Waals surface area contributed by atoms with Gasteiger partial charge in [0.15, 0.2) is 0 Å². The molecule has 1 aromatic carbocycles. The van der Waals surface area contributed by atoms with Crippen molar-refractivity contribution in [3.05, 3.63) is 27.1 Å². The van der Waals surface area contributed by atoms with E-state index in [1.54, 1.807) is 0 Å². The summed E-state index contributed by atoms with van der Waals surface area (Å²) in [6.07, 6.45) is 0.858. The molecule has 0 bridgehead atoms. The Balaban J connectivity index is 2.27. The topological polar surface area (TPSA) is 98.0 Å². The molecule has 0 spiro atoms. The van der Waals surface area contributed by atoms with Gasteiger partial charge in [-0.2, -0.15) is 15.0 Å². The van der Waals surface area contributed by atoms with Gasteiger partial charge in [-0.25, -0.2) is 5.84 Å². The third kappa shape index (κ3) is 4.51. The van der Waals surface area contributed by atoms with Crippen molar-refractivity contribution in [3.8, 4) is 6.01 Å². The summed E-state index contributed by atoms with van der Waals surface area (Å²) in [7, 11) is 0. The van der Waals surface area contributed by atoms with Gasteiger partial charge >= 0.3 is 6.01 Å². The number of halogens is 2. The SMILES string of the molecule is CCCOc1nc(NN)nc(Nc2cc(Br)ccc2Br)n1. The van der Waals surface area contributed by atoms with Crippen LogP contribution in [0.3, 0.4) is 0 Å². The molecule has 21 heavy (non-hydrogen) atoms. The highest BCUT2D eigenvalue weighted by Gasteiger charge is 2.09. The van der Waals surface area contributed by atoms with Crippen LogP contribution in [0.25, 0.3) is 0 Å². The second-order valence-electron chi connectivity index (χ2n) is 4.01. The standard InChI is InChI=1S/C12H14Br2N6O/c1-2-5-21-12-18-10(17-11(19-12)20-15)16-9-6-7(13)3-4-8(9)14/h3-4,6H,2,5,15H2,1H3,(H2,16,17,18,19,20). The summed E-state index contributed by atoms with van der Waals surface area (Å²) in [4.78, 5) is 12.4. The van der Waals surface area contributed by atoms with Gasteiger partial charge in [0.25, 0.3) is 0 Å². The van der Waals surface area contributed by atoms with Crippen molar-refractivity contribution < 1.29 is 4.74 Å². The molecule has 0 saturated carbocycles. The van der Waals surface area contributed by atoms with Crippen molar-refractivity contribution >= 4 is 49.4 Å². The molecule has 1 aromatic heterocycles. The summed E-state index contributed by atoms with van der Waals surface area (Å²) in [6.45, 7) is 2.52. The molecule has 2 aromatic rings. The van der Waals surface area contributed by atoms with Crippen LogP contribution in [0.4, 0.5) is 17.6 Å². The highest BCUT2D eigenvalue weighted by molar-refractivity contribution is 9.11. The zero-order chi connectivity index (χ0) is 15.2. The molecule has 0 radical (unpaired) electrons. The van der Waals surface area contributed by atoms with Crippen LogP contribution in [0, 0.1) is 0 Å². The van der Waals surface area contributed by atoms with E-state index in [2.05, 4.69) is 57.6 Å². The number of hydrogen-bond donors (Lipinski definition) is 3. The molecule has 1 heterocycles. The Morgan fingerprint density at radius 3 is 2.67 bits per heavy atom. The molecule has 4 N–H and O–H groups in total. The van der Waals surface area contributed by atoms with Crippen LogP contribution < -0.4 is 21.3 Å². The molecule has 0 saturated heterocycles. The first-order chi connectivity index (χ1) is 10.1. The minimum Gasteiger partial charge on any atom is -0.463 e. The first-order valence-electron chi connectivity index (χ1n) is 6.20. The van der Waals surface area contributed by atoms with E-state index in [0.29, 0.717) is 12.6 Å². The molecule has 7 nitrogen and oxygen atoms in total. The van der Waals surface area contributed by atoms with E-state index in [0.717, 1.165) is 21.1 Å². The quantitative estimate of drug-likeness (QED) is 0.490. The van der Waals surface area contributed by atoms with Gasteiger partial charge in [0.2, 0.25) is 11.9 Å². The molecule has 0 aliphatic rings. The van der Waals surface area contributed by atoms with E-state index >= 15 is 0 Å². The summed E-state index contributed by atoms with van der Waals surface area (Å²) in [6, 6.07) is 5.94. The van der Waals surface area contributed by atoms with Gasteiger partial charge in [-0.05, 0) is 40.5 Å². The Bertz CT molecular complexity index is 625. The Labute approximate surface area is 139 Å². The number of anilines is 3. The van der Waals surface area contributed by atoms with Gasteiger partial charge in [-0.15, -0.1) is 0 Å². The molecule has 0 atom stereocenters. The van der Waals surface area contributed by atoms with Crippen molar-refractivity contribution in [2.24, 2.45) is 5.84 Å². The van der Waals surface area contributed by atoms with E-state index in [1.807, 2.05) is 25.1 Å². The van der Waals surface area contributed by atoms with Crippen molar-refractivity contribution in [1.29, 1.82) is 0 Å². The Morgan fingerprint density at radius 1 is 1.19 bits per heavy atom. The molecule has 112 valence electrons. The maximum atomic E-state index is 5.41. The summed E-state index contributed by atoms with van der Waals surface area (Å²) in [5.41, 5.74) is 3.20. The van der Waals surface area contributed by atoms with Crippen LogP contribution in [-0.2, 0) is 0 Å². The number of nitrogen functional groups attached to an aromatic ring is 1. The predicted molar refractivity (Wildman–Crippen MR) is 88.5 cm³/mol. The van der Waals surface area contributed by atoms with Crippen molar-refractivity contribution in [2.75, 3.05) is 17.3 Å². The van der Waals surface area contributed by atoms with Gasteiger partial charge < -0.3 is 10.1 Å². The minimum atomic E-state index is 0.216. The lowest BCUT2D eigenvalue weighted by atomic mass is 10.3. The maximum Gasteiger partial charge on any atom is 0.323 e. The van der Waals surface area contributed by atoms with E-state index < -0.39 is 0 Å². The molecule has 0 fully saturated rings. The van der Waals surface area contributed by atoms with Gasteiger partial charge in [0, 0.05) is 8.95 Å². The largest absolute Gasteiger partial charge is 0.463 e. The smallest absolute Gasteiger partial charge is 0.323 e. The van der Waals surface area contributed by atoms with Gasteiger partial charge in [0.1, 0.15) is 0 Å². The maximum absolute atomic E-state index is 5.41. The molecule has 0 aliphatic carbocycles. The lowest BCUT2D eigenvalue weighted by Gasteiger charge is -2.10. The number of benzene rings is 1. The third-order valence-corrected chi connectivity index (χ3v) is 3.54. The average molecular weight is 418 g/mol. The number of hydrazine groups is 1. The number of rotatable bonds is 6. The number of aromatic nitrogens is 3. The highest BCUT2D eigenvalue weighted by atomic mass is 79.9. The van der Waals surface area contributed by atoms with E-state index in [-0.39, 0.29) is 12.0 Å². The normalized spacial score (nSPS) is 10.3. The molecule has 0 amide bonds. The second kappa shape index (κ2) is 7.53. The monoisotopic (exact) mass is 416 g/mol. The highest BCUT2D eigenvalue weighted by Crippen LogP contribution is 2.28. The van der Waals surface area contributed by atoms with Gasteiger partial charge in [0.05, 0.1) is 12.3 Å². The van der Waals surface area contributed by atoms with Crippen LogP contribution >= 0.6 is 31.9 Å². The summed E-state index contributed by atoms with van der Waals surface area (Å²) in [5, 5.41) is 3.09. The summed E-state index contributed by atoms with van der Waals surface area (Å²) < 4.78 is 7.22. The lowest BCUT2D eigenvalue weighted by Crippen LogP contribution is -2.14. The van der Waals surface area contributed by atoms with Crippen LogP contribution in [0.2, 0.25) is 0 Å². The van der Waals surface area contributed by atoms with Crippen LogP contribution in [0.15, 0.2) is 27.1 Å². The molecule has 0 unspecified atom stereocenters. The molecular weight excluding hydrogens is 404 g/mol. The minimum absolute atomic E-state index is 0.216. The van der Waals surface area contributed by atoms with Gasteiger partial charge in [-0.3, -0.25) is 5.43 Å². The third-order valence-electron chi connectivity index (χ3n) is 2.35. The first-order valence-corrected chi connectivity index (χ1v) is 7.78. The predicted octanol–water partition coefficient (Wildman–Crippen LogP) is 3.21. The Hall–Kier alpha value is -1.45. The molecule has 2 rings (SSSR count). The Morgan fingerprint density at radius 2 is 1.95 bits per heavy atom. The van der Waals surface area contributed by atoms with Crippen LogP contribution in [0.1, 0.15) is 13.3 Å². The van der Waals surface area contributed by atoms with Crippen LogP contribution in [0.5, 0.6) is 6.01 Å². The van der Waals surface area contributed by atoms with Crippen molar-refractivity contribution in [3.63, 3.8) is 0 Å². The Kier molecular flexibility index (Phi) is 5.71. The average Bonchev–Trinajstić information content (AvgIpc) is 2.48. The van der Waals surface area contributed by atoms with E-state index in [1.165, 1.54) is 0 Å². The van der Waals surface area contributed by atoms with E-state index in [4.69, 9.17) is 10.6 Å². The first kappa shape index (κ1) is 15.9. The molecular formula is C12H14Br2N6O. The van der Waals surface area contributed by atoms with Crippen molar-refractivity contribution in [1.82, 2.24) is 15.0 Å². The fraction of sp³-hybridized carbons (Fsp3) is 0.250. The number of hydrogen-bond acceptors (Lipinski definition) is 7. The second-order valence-corrected chi connectivity index (χ2v) is 5.78. The zero-order valence-electron chi connectivity index (χ0n) is 11.2. The number of nitrogens with zero attached hydrogens (tertiary/aromatic N) is 3. The number of ether oxygens (including phenoxy) is 1. The molecule has 0 aliphatic heterocycles. The fourth-order valence-corrected chi connectivity index (χ4v) is 2.16. The van der Waals surface area contributed by atoms with Crippen LogP contribution in [-0.4, -0.2) is 21.6 Å².